The summed E-state index contributed by atoms with van der Waals surface area (Å²) in [7, 11) is 0. The van der Waals surface area contributed by atoms with E-state index in [9.17, 15) is 19.5 Å². The lowest BCUT2D eigenvalue weighted by Gasteiger charge is -2.21. The van der Waals surface area contributed by atoms with Crippen molar-refractivity contribution in [2.75, 3.05) is 13.1 Å². The van der Waals surface area contributed by atoms with Gasteiger partial charge in [0.25, 0.3) is 0 Å². The summed E-state index contributed by atoms with van der Waals surface area (Å²) in [5, 5.41) is 15.8. The maximum atomic E-state index is 12.6. The summed E-state index contributed by atoms with van der Waals surface area (Å²) in [6, 6.07) is 0. The SMILES string of the molecule is CCCCCCCCC/C=C/C=C(\C)C1CC(=O)NC[C@H](O)[C@H](C)C(=O)NCC/C=C/C=C/C=C/C(=O)O1. The molecule has 1 rings (SSSR count). The van der Waals surface area contributed by atoms with Crippen LogP contribution in [0.1, 0.15) is 85.0 Å². The van der Waals surface area contributed by atoms with Gasteiger partial charge in [-0.1, -0.05) is 101 Å². The highest BCUT2D eigenvalue weighted by molar-refractivity contribution is 5.83. The van der Waals surface area contributed by atoms with Crippen molar-refractivity contribution < 1.29 is 24.2 Å². The number of aliphatic hydroxyl groups excluding tert-OH is 1. The minimum atomic E-state index is -1.03. The van der Waals surface area contributed by atoms with Gasteiger partial charge in [-0.3, -0.25) is 9.59 Å². The van der Waals surface area contributed by atoms with E-state index < -0.39 is 24.1 Å². The number of unbranched alkanes of at least 4 members (excludes halogenated alkanes) is 7. The van der Waals surface area contributed by atoms with Crippen molar-refractivity contribution in [3.8, 4) is 0 Å². The van der Waals surface area contributed by atoms with E-state index in [1.165, 1.54) is 44.6 Å². The molecule has 0 bridgehead atoms. The number of hydrogen-bond acceptors (Lipinski definition) is 5. The first kappa shape index (κ1) is 33.1. The van der Waals surface area contributed by atoms with Crippen LogP contribution in [0.2, 0.25) is 0 Å². The Morgan fingerprint density at radius 2 is 1.74 bits per heavy atom. The van der Waals surface area contributed by atoms with Crippen LogP contribution in [0.3, 0.4) is 0 Å². The first-order valence-electron chi connectivity index (χ1n) is 14.1. The number of rotatable bonds is 10. The van der Waals surface area contributed by atoms with Gasteiger partial charge in [0.2, 0.25) is 11.8 Å². The van der Waals surface area contributed by atoms with Crippen LogP contribution in [0, 0.1) is 5.92 Å². The molecule has 3 N–H and O–H groups in total. The lowest BCUT2D eigenvalue weighted by Crippen LogP contribution is -2.43. The molecule has 7 heteroatoms. The lowest BCUT2D eigenvalue weighted by molar-refractivity contribution is -0.143. The van der Waals surface area contributed by atoms with E-state index in [2.05, 4.69) is 23.6 Å². The summed E-state index contributed by atoms with van der Waals surface area (Å²) >= 11 is 0. The van der Waals surface area contributed by atoms with Crippen molar-refractivity contribution in [3.63, 3.8) is 0 Å². The number of cyclic esters (lactones) is 1. The fourth-order valence-corrected chi connectivity index (χ4v) is 3.81. The Balaban J connectivity index is 2.79. The van der Waals surface area contributed by atoms with Crippen molar-refractivity contribution in [2.45, 2.75) is 97.2 Å². The summed E-state index contributed by atoms with van der Waals surface area (Å²) in [6.07, 6.45) is 24.6. The van der Waals surface area contributed by atoms with E-state index in [-0.39, 0.29) is 24.8 Å². The Morgan fingerprint density at radius 3 is 2.50 bits per heavy atom. The second-order valence-electron chi connectivity index (χ2n) is 9.79. The van der Waals surface area contributed by atoms with E-state index in [0.717, 1.165) is 18.4 Å². The summed E-state index contributed by atoms with van der Waals surface area (Å²) < 4.78 is 5.59. The van der Waals surface area contributed by atoms with Crippen molar-refractivity contribution in [2.24, 2.45) is 5.92 Å². The Labute approximate surface area is 229 Å². The zero-order chi connectivity index (χ0) is 28.0. The normalized spacial score (nSPS) is 25.4. The van der Waals surface area contributed by atoms with Gasteiger partial charge in [0, 0.05) is 19.2 Å². The molecule has 0 aromatic rings. The molecular weight excluding hydrogens is 480 g/mol. The predicted molar refractivity (Wildman–Crippen MR) is 153 cm³/mol. The molecule has 7 nitrogen and oxygen atoms in total. The highest BCUT2D eigenvalue weighted by atomic mass is 16.5. The first-order valence-corrected chi connectivity index (χ1v) is 14.1. The third-order valence-corrected chi connectivity index (χ3v) is 6.42. The summed E-state index contributed by atoms with van der Waals surface area (Å²) in [5.41, 5.74) is 0.746. The lowest BCUT2D eigenvalue weighted by atomic mass is 10.0. The molecule has 38 heavy (non-hydrogen) atoms. The Hall–Kier alpha value is -2.93. The third kappa shape index (κ3) is 16.0. The molecular formula is C31H48N2O5. The fourth-order valence-electron chi connectivity index (χ4n) is 3.81. The number of hydrogen-bond donors (Lipinski definition) is 3. The van der Waals surface area contributed by atoms with E-state index in [1.54, 1.807) is 25.2 Å². The molecule has 0 saturated carbocycles. The van der Waals surface area contributed by atoms with Crippen molar-refractivity contribution in [3.05, 3.63) is 60.3 Å². The second-order valence-corrected chi connectivity index (χ2v) is 9.79. The van der Waals surface area contributed by atoms with Gasteiger partial charge in [-0.2, -0.15) is 0 Å². The van der Waals surface area contributed by atoms with E-state index in [4.69, 9.17) is 4.74 Å². The predicted octanol–water partition coefficient (Wildman–Crippen LogP) is 5.23. The van der Waals surface area contributed by atoms with Crippen molar-refractivity contribution >= 4 is 17.8 Å². The van der Waals surface area contributed by atoms with E-state index in [0.29, 0.717) is 13.0 Å². The molecule has 0 radical (unpaired) electrons. The molecule has 1 heterocycles. The first-order chi connectivity index (χ1) is 18.3. The van der Waals surface area contributed by atoms with E-state index >= 15 is 0 Å². The minimum Gasteiger partial charge on any atom is -0.454 e. The number of β-amino-alcohol motifs (C(OH)–C–C–N with tert-alkyl or cyclic N) is 1. The smallest absolute Gasteiger partial charge is 0.331 e. The standard InChI is InChI=1S/C31H48N2O5/c1-4-5-6-7-8-9-10-11-14-17-20-25(2)28-23-29(35)33-24-27(34)26(3)31(37)32-22-19-16-13-12-15-18-21-30(36)38-28/h12-18,20-21,26-28,34H,4-11,19,22-24H2,1-3H3,(H,32,37)(H,33,35)/b15-12+,16-13+,17-14+,21-18+,25-20+/t26-,27-,28?/m0/s1. The van der Waals surface area contributed by atoms with Crippen LogP contribution in [-0.2, 0) is 19.1 Å². The van der Waals surface area contributed by atoms with Gasteiger partial charge in [0.1, 0.15) is 6.10 Å². The van der Waals surface area contributed by atoms with Gasteiger partial charge in [-0.15, -0.1) is 0 Å². The van der Waals surface area contributed by atoms with Crippen LogP contribution in [0.25, 0.3) is 0 Å². The van der Waals surface area contributed by atoms with Crippen LogP contribution >= 0.6 is 0 Å². The van der Waals surface area contributed by atoms with Gasteiger partial charge >= 0.3 is 5.97 Å². The highest BCUT2D eigenvalue weighted by Crippen LogP contribution is 2.14. The largest absolute Gasteiger partial charge is 0.454 e. The third-order valence-electron chi connectivity index (χ3n) is 6.42. The molecule has 2 amide bonds. The molecule has 0 fully saturated rings. The van der Waals surface area contributed by atoms with Gasteiger partial charge in [-0.25, -0.2) is 4.79 Å². The maximum Gasteiger partial charge on any atom is 0.331 e. The summed E-state index contributed by atoms with van der Waals surface area (Å²) in [5.74, 6) is -1.87. The Bertz CT molecular complexity index is 856. The molecule has 212 valence electrons. The van der Waals surface area contributed by atoms with Crippen LogP contribution in [0.5, 0.6) is 0 Å². The number of esters is 1. The molecule has 0 aromatic carbocycles. The molecule has 0 saturated heterocycles. The zero-order valence-corrected chi connectivity index (χ0v) is 23.5. The number of carbonyl (C=O) groups excluding carboxylic acids is 3. The van der Waals surface area contributed by atoms with E-state index in [1.807, 2.05) is 31.2 Å². The molecule has 1 unspecified atom stereocenters. The van der Waals surface area contributed by atoms with Crippen LogP contribution in [0.4, 0.5) is 0 Å². The highest BCUT2D eigenvalue weighted by Gasteiger charge is 2.24. The molecule has 0 spiro atoms. The van der Waals surface area contributed by atoms with Gasteiger partial charge in [-0.05, 0) is 31.8 Å². The van der Waals surface area contributed by atoms with Crippen LogP contribution in [0.15, 0.2) is 60.3 Å². The van der Waals surface area contributed by atoms with Gasteiger partial charge < -0.3 is 20.5 Å². The monoisotopic (exact) mass is 528 g/mol. The number of carbonyl (C=O) groups is 3. The number of amides is 2. The molecule has 0 aliphatic carbocycles. The number of ether oxygens (including phenoxy) is 1. The van der Waals surface area contributed by atoms with Gasteiger partial charge in [0.05, 0.1) is 18.4 Å². The average Bonchev–Trinajstić information content (AvgIpc) is 2.90. The van der Waals surface area contributed by atoms with Crippen molar-refractivity contribution in [1.82, 2.24) is 10.6 Å². The number of allylic oxidation sites excluding steroid dienone is 7. The molecule has 1 aliphatic rings. The summed E-state index contributed by atoms with van der Waals surface area (Å²) in [4.78, 5) is 37.3. The molecule has 1 aliphatic heterocycles. The second kappa shape index (κ2) is 21.1. The quantitative estimate of drug-likeness (QED) is 0.205. The minimum absolute atomic E-state index is 0.0705. The fraction of sp³-hybridized carbons (Fsp3) is 0.581. The number of nitrogens with one attached hydrogen (secondary N) is 2. The van der Waals surface area contributed by atoms with Crippen LogP contribution < -0.4 is 10.6 Å². The average molecular weight is 529 g/mol. The maximum absolute atomic E-state index is 12.6. The Kier molecular flexibility index (Phi) is 18.3. The Morgan fingerprint density at radius 1 is 1.03 bits per heavy atom. The summed E-state index contributed by atoms with van der Waals surface area (Å²) in [6.45, 7) is 6.04. The number of aliphatic hydroxyl groups is 1. The van der Waals surface area contributed by atoms with Gasteiger partial charge in [0.15, 0.2) is 0 Å². The molecule has 3 atom stereocenters. The van der Waals surface area contributed by atoms with Crippen molar-refractivity contribution in [1.29, 1.82) is 0 Å². The topological polar surface area (TPSA) is 105 Å². The zero-order valence-electron chi connectivity index (χ0n) is 23.5. The molecule has 0 aromatic heterocycles. The van der Waals surface area contributed by atoms with Crippen LogP contribution in [-0.4, -0.2) is 48.2 Å².